The van der Waals surface area contributed by atoms with Crippen molar-refractivity contribution in [3.8, 4) is 11.6 Å². The monoisotopic (exact) mass is 277 g/mol. The van der Waals surface area contributed by atoms with Crippen LogP contribution in [-0.2, 0) is 11.3 Å². The first-order chi connectivity index (χ1) is 9.70. The number of aliphatic carboxylic acids is 1. The van der Waals surface area contributed by atoms with Crippen molar-refractivity contribution >= 4 is 5.97 Å². The average Bonchev–Trinajstić information content (AvgIpc) is 2.91. The molecule has 1 N–H and O–H groups in total. The highest BCUT2D eigenvalue weighted by molar-refractivity contribution is 5.69. The van der Waals surface area contributed by atoms with Crippen molar-refractivity contribution in [2.75, 3.05) is 13.1 Å². The molecule has 0 aromatic carbocycles. The summed E-state index contributed by atoms with van der Waals surface area (Å²) in [5.74, 6) is 1.07. The molecular weight excluding hydrogens is 262 g/mol. The topological polar surface area (TPSA) is 92.6 Å². The molecule has 1 fully saturated rings. The Morgan fingerprint density at radius 1 is 1.50 bits per heavy atom. The van der Waals surface area contributed by atoms with Crippen LogP contribution in [0.2, 0.25) is 0 Å². The lowest BCUT2D eigenvalue weighted by molar-refractivity contribution is -0.138. The first-order valence-electron chi connectivity index (χ1n) is 6.51. The molecule has 1 saturated carbocycles. The summed E-state index contributed by atoms with van der Waals surface area (Å²) < 4.78 is 10.3. The van der Waals surface area contributed by atoms with Crippen LogP contribution in [0, 0.1) is 5.92 Å². The van der Waals surface area contributed by atoms with Crippen molar-refractivity contribution in [3.05, 3.63) is 24.3 Å². The van der Waals surface area contributed by atoms with Crippen molar-refractivity contribution in [1.82, 2.24) is 15.0 Å². The van der Waals surface area contributed by atoms with E-state index in [1.807, 2.05) is 4.90 Å². The Labute approximate surface area is 115 Å². The number of hydrogen-bond acceptors (Lipinski definition) is 6. The molecule has 1 aliphatic rings. The third-order valence-electron chi connectivity index (χ3n) is 3.14. The van der Waals surface area contributed by atoms with E-state index in [-0.39, 0.29) is 6.54 Å². The van der Waals surface area contributed by atoms with Gasteiger partial charge in [-0.15, -0.1) is 0 Å². The smallest absolute Gasteiger partial charge is 0.317 e. The predicted octanol–water partition coefficient (Wildman–Crippen LogP) is 1.63. The zero-order chi connectivity index (χ0) is 13.9. The van der Waals surface area contributed by atoms with E-state index in [2.05, 4.69) is 10.1 Å². The lowest BCUT2D eigenvalue weighted by Gasteiger charge is -2.17. The van der Waals surface area contributed by atoms with Gasteiger partial charge in [-0.1, -0.05) is 5.16 Å². The molecule has 106 valence electrons. The second-order valence-corrected chi connectivity index (χ2v) is 5.00. The number of aromatic nitrogens is 2. The molecule has 0 radical (unpaired) electrons. The van der Waals surface area contributed by atoms with E-state index in [9.17, 15) is 4.79 Å². The highest BCUT2D eigenvalue weighted by atomic mass is 16.5. The number of furan rings is 1. The third kappa shape index (κ3) is 3.24. The molecule has 20 heavy (non-hydrogen) atoms. The molecular formula is C13H15N3O4. The Morgan fingerprint density at radius 3 is 3.00 bits per heavy atom. The van der Waals surface area contributed by atoms with Crippen LogP contribution >= 0.6 is 0 Å². The van der Waals surface area contributed by atoms with E-state index in [0.29, 0.717) is 29.9 Å². The van der Waals surface area contributed by atoms with Gasteiger partial charge in [0, 0.05) is 6.54 Å². The fourth-order valence-electron chi connectivity index (χ4n) is 2.06. The summed E-state index contributed by atoms with van der Waals surface area (Å²) in [6.45, 7) is 1.08. The maximum absolute atomic E-state index is 10.9. The van der Waals surface area contributed by atoms with Gasteiger partial charge < -0.3 is 14.0 Å². The first kappa shape index (κ1) is 12.9. The molecule has 7 heteroatoms. The first-order valence-corrected chi connectivity index (χ1v) is 6.51. The molecule has 0 unspecified atom stereocenters. The van der Waals surface area contributed by atoms with Crippen molar-refractivity contribution < 1.29 is 18.8 Å². The molecule has 0 bridgehead atoms. The van der Waals surface area contributed by atoms with Gasteiger partial charge in [0.1, 0.15) is 0 Å². The van der Waals surface area contributed by atoms with Crippen molar-refractivity contribution in [3.63, 3.8) is 0 Å². The highest BCUT2D eigenvalue weighted by Crippen LogP contribution is 2.30. The Bertz CT molecular complexity index is 574. The van der Waals surface area contributed by atoms with Gasteiger partial charge in [-0.2, -0.15) is 4.98 Å². The normalized spacial score (nSPS) is 14.8. The maximum atomic E-state index is 10.9. The quantitative estimate of drug-likeness (QED) is 0.822. The van der Waals surface area contributed by atoms with E-state index < -0.39 is 5.97 Å². The third-order valence-corrected chi connectivity index (χ3v) is 3.14. The van der Waals surface area contributed by atoms with Gasteiger partial charge in [0.15, 0.2) is 5.76 Å². The molecule has 0 aliphatic heterocycles. The van der Waals surface area contributed by atoms with Crippen molar-refractivity contribution in [1.29, 1.82) is 0 Å². The summed E-state index contributed by atoms with van der Waals surface area (Å²) in [5.41, 5.74) is 0. The maximum Gasteiger partial charge on any atom is 0.317 e. The van der Waals surface area contributed by atoms with E-state index >= 15 is 0 Å². The van der Waals surface area contributed by atoms with Crippen molar-refractivity contribution in [2.24, 2.45) is 5.92 Å². The largest absolute Gasteiger partial charge is 0.480 e. The summed E-state index contributed by atoms with van der Waals surface area (Å²) in [7, 11) is 0. The summed E-state index contributed by atoms with van der Waals surface area (Å²) in [5, 5.41) is 12.8. The van der Waals surface area contributed by atoms with E-state index in [0.717, 1.165) is 19.4 Å². The van der Waals surface area contributed by atoms with Crippen LogP contribution in [-0.4, -0.2) is 39.2 Å². The second-order valence-electron chi connectivity index (χ2n) is 5.00. The van der Waals surface area contributed by atoms with Gasteiger partial charge in [0.2, 0.25) is 11.7 Å². The van der Waals surface area contributed by atoms with Gasteiger partial charge in [-0.25, -0.2) is 0 Å². The fraction of sp³-hybridized carbons (Fsp3) is 0.462. The number of rotatable bonds is 7. The standard InChI is InChI=1S/C13H15N3O4/c17-12(18)8-16(6-9-3-4-9)7-11-14-13(15-20-11)10-2-1-5-19-10/h1-2,5,9H,3-4,6-8H2,(H,17,18). The van der Waals surface area contributed by atoms with Crippen LogP contribution in [0.4, 0.5) is 0 Å². The van der Waals surface area contributed by atoms with Gasteiger partial charge >= 0.3 is 5.97 Å². The highest BCUT2D eigenvalue weighted by Gasteiger charge is 2.26. The van der Waals surface area contributed by atoms with Crippen LogP contribution in [0.15, 0.2) is 27.3 Å². The Balaban J connectivity index is 1.66. The second kappa shape index (κ2) is 5.46. The molecule has 2 aromatic heterocycles. The molecule has 0 atom stereocenters. The predicted molar refractivity (Wildman–Crippen MR) is 67.6 cm³/mol. The summed E-state index contributed by atoms with van der Waals surface area (Å²) in [6.07, 6.45) is 3.87. The molecule has 0 amide bonds. The van der Waals surface area contributed by atoms with Crippen LogP contribution < -0.4 is 0 Å². The molecule has 3 rings (SSSR count). The van der Waals surface area contributed by atoms with Gasteiger partial charge in [-0.05, 0) is 30.9 Å². The average molecular weight is 277 g/mol. The zero-order valence-electron chi connectivity index (χ0n) is 10.9. The summed E-state index contributed by atoms with van der Waals surface area (Å²) in [4.78, 5) is 16.9. The fourth-order valence-corrected chi connectivity index (χ4v) is 2.06. The van der Waals surface area contributed by atoms with Crippen LogP contribution in [0.25, 0.3) is 11.6 Å². The molecule has 2 aromatic rings. The minimum atomic E-state index is -0.851. The van der Waals surface area contributed by atoms with Crippen LogP contribution in [0.5, 0.6) is 0 Å². The zero-order valence-corrected chi connectivity index (χ0v) is 10.9. The number of hydrogen-bond donors (Lipinski definition) is 1. The van der Waals surface area contributed by atoms with Gasteiger partial charge in [0.25, 0.3) is 0 Å². The summed E-state index contributed by atoms with van der Waals surface area (Å²) in [6, 6.07) is 3.49. The number of nitrogens with zero attached hydrogens (tertiary/aromatic N) is 3. The lowest BCUT2D eigenvalue weighted by atomic mass is 10.3. The molecule has 7 nitrogen and oxygen atoms in total. The Hall–Kier alpha value is -2.15. The minimum Gasteiger partial charge on any atom is -0.480 e. The molecule has 0 saturated heterocycles. The van der Waals surface area contributed by atoms with Gasteiger partial charge in [0.05, 0.1) is 19.4 Å². The Kier molecular flexibility index (Phi) is 3.51. The van der Waals surface area contributed by atoms with E-state index in [4.69, 9.17) is 14.0 Å². The molecule has 0 spiro atoms. The number of carboxylic acid groups (broad SMARTS) is 1. The molecule has 2 heterocycles. The minimum absolute atomic E-state index is 0.0189. The number of carbonyl (C=O) groups is 1. The number of carboxylic acids is 1. The van der Waals surface area contributed by atoms with Gasteiger partial charge in [-0.3, -0.25) is 9.69 Å². The lowest BCUT2D eigenvalue weighted by Crippen LogP contribution is -2.31. The van der Waals surface area contributed by atoms with E-state index in [1.165, 1.54) is 6.26 Å². The van der Waals surface area contributed by atoms with Crippen molar-refractivity contribution in [2.45, 2.75) is 19.4 Å². The van der Waals surface area contributed by atoms with E-state index in [1.54, 1.807) is 12.1 Å². The Morgan fingerprint density at radius 2 is 2.35 bits per heavy atom. The van der Waals surface area contributed by atoms with Crippen LogP contribution in [0.1, 0.15) is 18.7 Å². The molecule has 1 aliphatic carbocycles. The summed E-state index contributed by atoms with van der Waals surface area (Å²) >= 11 is 0. The van der Waals surface area contributed by atoms with Crippen LogP contribution in [0.3, 0.4) is 0 Å². The SMILES string of the molecule is O=C(O)CN(Cc1nc(-c2ccco2)no1)CC1CC1.